The first-order valence-electron chi connectivity index (χ1n) is 14.6. The number of allylic oxidation sites excluding steroid dienone is 1. The van der Waals surface area contributed by atoms with Gasteiger partial charge in [0.15, 0.2) is 0 Å². The van der Waals surface area contributed by atoms with Crippen molar-refractivity contribution in [1.29, 1.82) is 0 Å². The second-order valence-electron chi connectivity index (χ2n) is 11.6. The fourth-order valence-electron chi connectivity index (χ4n) is 6.48. The van der Waals surface area contributed by atoms with Crippen LogP contribution in [0.2, 0.25) is 0 Å². The lowest BCUT2D eigenvalue weighted by atomic mass is 9.79. The summed E-state index contributed by atoms with van der Waals surface area (Å²) in [6, 6.07) is 5.40. The minimum atomic E-state index is -0.632. The van der Waals surface area contributed by atoms with Crippen molar-refractivity contribution in [3.8, 4) is 11.5 Å². The number of likely N-dealkylation sites (tertiary alicyclic amines) is 1. The predicted octanol–water partition coefficient (Wildman–Crippen LogP) is 6.12. The van der Waals surface area contributed by atoms with E-state index < -0.39 is 11.6 Å². The smallest absolute Gasteiger partial charge is 0.328 e. The van der Waals surface area contributed by atoms with Gasteiger partial charge in [-0.3, -0.25) is 4.79 Å². The van der Waals surface area contributed by atoms with Crippen LogP contribution in [0.15, 0.2) is 30.9 Å². The number of nitrogens with zero attached hydrogens (tertiary/aromatic N) is 2. The maximum Gasteiger partial charge on any atom is 0.328 e. The summed E-state index contributed by atoms with van der Waals surface area (Å²) in [5.41, 5.74) is 2.53. The molecule has 3 atom stereocenters. The molecule has 1 spiro atoms. The standard InChI is InChI=1S/C32H42N2O5/c1-5-6-7-8-9-11-21(2)30(35)34-20-32(19-27(34)31(36)38-4)17-16-24-25-18-23(37-3)14-15-26(25)33-28(29(24)39-32)22-12-10-13-22/h5,14-15,18,21-22,27H,1,6-13,16-17,19-20H2,2-4H3/t21-,27-,32-/m0/s1. The third kappa shape index (κ3) is 5.37. The van der Waals surface area contributed by atoms with Crippen LogP contribution in [0.4, 0.5) is 0 Å². The van der Waals surface area contributed by atoms with Gasteiger partial charge in [0.05, 0.1) is 32.0 Å². The average Bonchev–Trinajstić information content (AvgIpc) is 3.29. The second kappa shape index (κ2) is 11.6. The van der Waals surface area contributed by atoms with Crippen LogP contribution in [0, 0.1) is 5.92 Å². The second-order valence-corrected chi connectivity index (χ2v) is 11.6. The number of aromatic nitrogens is 1. The molecule has 1 aromatic heterocycles. The van der Waals surface area contributed by atoms with Crippen LogP contribution in [0.5, 0.6) is 11.5 Å². The minimum Gasteiger partial charge on any atom is -0.497 e. The Bertz CT molecular complexity index is 1240. The molecule has 1 saturated heterocycles. The molecule has 0 unspecified atom stereocenters. The molecule has 0 radical (unpaired) electrons. The molecule has 3 aliphatic rings. The molecule has 5 rings (SSSR count). The summed E-state index contributed by atoms with van der Waals surface area (Å²) < 4.78 is 17.6. The number of aryl methyl sites for hydroxylation is 1. The van der Waals surface area contributed by atoms with E-state index in [1.807, 2.05) is 31.2 Å². The Morgan fingerprint density at radius 2 is 2.08 bits per heavy atom. The maximum absolute atomic E-state index is 13.7. The van der Waals surface area contributed by atoms with E-state index >= 15 is 0 Å². The molecule has 39 heavy (non-hydrogen) atoms. The van der Waals surface area contributed by atoms with Crippen molar-refractivity contribution in [2.75, 3.05) is 20.8 Å². The summed E-state index contributed by atoms with van der Waals surface area (Å²) in [5.74, 6) is 1.53. The Kier molecular flexibility index (Phi) is 8.15. The van der Waals surface area contributed by atoms with Crippen LogP contribution in [0.1, 0.15) is 88.3 Å². The molecular formula is C32H42N2O5. The fraction of sp³-hybridized carbons (Fsp3) is 0.594. The summed E-state index contributed by atoms with van der Waals surface area (Å²) in [6.45, 7) is 6.15. The zero-order valence-corrected chi connectivity index (χ0v) is 23.7. The van der Waals surface area contributed by atoms with Crippen molar-refractivity contribution in [1.82, 2.24) is 9.88 Å². The number of benzene rings is 1. The molecule has 1 saturated carbocycles. The van der Waals surface area contributed by atoms with Gasteiger partial charge in [-0.05, 0) is 63.1 Å². The highest BCUT2D eigenvalue weighted by Crippen LogP contribution is 2.49. The molecule has 0 N–H and O–H groups in total. The Labute approximate surface area is 231 Å². The van der Waals surface area contributed by atoms with Crippen LogP contribution in [0.3, 0.4) is 0 Å². The molecule has 2 fully saturated rings. The molecule has 1 aliphatic carbocycles. The van der Waals surface area contributed by atoms with Crippen LogP contribution < -0.4 is 9.47 Å². The van der Waals surface area contributed by atoms with Gasteiger partial charge >= 0.3 is 5.97 Å². The van der Waals surface area contributed by atoms with Crippen molar-refractivity contribution in [2.45, 2.75) is 95.1 Å². The third-order valence-electron chi connectivity index (χ3n) is 9.04. The lowest BCUT2D eigenvalue weighted by molar-refractivity contribution is -0.152. The quantitative estimate of drug-likeness (QED) is 0.208. The van der Waals surface area contributed by atoms with Crippen LogP contribution in [-0.4, -0.2) is 54.2 Å². The van der Waals surface area contributed by atoms with Crippen molar-refractivity contribution >= 4 is 22.8 Å². The average molecular weight is 535 g/mol. The van der Waals surface area contributed by atoms with Gasteiger partial charge in [-0.2, -0.15) is 0 Å². The molecule has 1 aromatic carbocycles. The van der Waals surface area contributed by atoms with Gasteiger partial charge < -0.3 is 19.1 Å². The summed E-state index contributed by atoms with van der Waals surface area (Å²) in [7, 11) is 3.07. The maximum atomic E-state index is 13.7. The van der Waals surface area contributed by atoms with Gasteiger partial charge in [0.2, 0.25) is 5.91 Å². The van der Waals surface area contributed by atoms with E-state index in [2.05, 4.69) is 6.58 Å². The number of rotatable bonds is 10. The Hall–Kier alpha value is -3.09. The van der Waals surface area contributed by atoms with Gasteiger partial charge in [-0.1, -0.05) is 32.3 Å². The zero-order chi connectivity index (χ0) is 27.6. The number of esters is 1. The summed E-state index contributed by atoms with van der Waals surface area (Å²) in [6.07, 6.45) is 12.3. The first-order chi connectivity index (χ1) is 18.9. The monoisotopic (exact) mass is 534 g/mol. The Morgan fingerprint density at radius 1 is 1.26 bits per heavy atom. The van der Waals surface area contributed by atoms with E-state index in [0.717, 1.165) is 85.9 Å². The Morgan fingerprint density at radius 3 is 2.77 bits per heavy atom. The van der Waals surface area contributed by atoms with Crippen molar-refractivity contribution < 1.29 is 23.8 Å². The number of unbranched alkanes of at least 4 members (excludes halogenated alkanes) is 3. The first-order valence-corrected chi connectivity index (χ1v) is 14.6. The lowest BCUT2D eigenvalue weighted by Crippen LogP contribution is -2.46. The SMILES string of the molecule is C=CCCCCC[C@H](C)C(=O)N1C[C@]2(CCc3c(c(C4CCC4)nc4ccc(OC)cc34)O2)C[C@H]1C(=O)OC. The molecule has 2 aromatic rings. The normalized spacial score (nSPS) is 23.2. The van der Waals surface area contributed by atoms with Gasteiger partial charge in [-0.25, -0.2) is 9.78 Å². The number of carbonyl (C=O) groups is 2. The number of carbonyl (C=O) groups excluding carboxylic acids is 2. The number of amides is 1. The number of ether oxygens (including phenoxy) is 3. The molecule has 1 amide bonds. The molecule has 3 heterocycles. The van der Waals surface area contributed by atoms with Gasteiger partial charge in [-0.15, -0.1) is 6.58 Å². The van der Waals surface area contributed by atoms with E-state index in [-0.39, 0.29) is 17.8 Å². The van der Waals surface area contributed by atoms with Gasteiger partial charge in [0.1, 0.15) is 23.1 Å². The van der Waals surface area contributed by atoms with Crippen molar-refractivity contribution in [2.24, 2.45) is 5.92 Å². The van der Waals surface area contributed by atoms with Crippen LogP contribution >= 0.6 is 0 Å². The van der Waals surface area contributed by atoms with Gasteiger partial charge in [0, 0.05) is 29.2 Å². The van der Waals surface area contributed by atoms with Crippen LogP contribution in [-0.2, 0) is 20.7 Å². The predicted molar refractivity (Wildman–Crippen MR) is 151 cm³/mol. The third-order valence-corrected chi connectivity index (χ3v) is 9.04. The van der Waals surface area contributed by atoms with Gasteiger partial charge in [0.25, 0.3) is 0 Å². The highest BCUT2D eigenvalue weighted by Gasteiger charge is 2.53. The van der Waals surface area contributed by atoms with E-state index in [1.165, 1.54) is 19.1 Å². The number of pyridine rings is 1. The Balaban J connectivity index is 1.42. The summed E-state index contributed by atoms with van der Waals surface area (Å²) >= 11 is 0. The topological polar surface area (TPSA) is 78.0 Å². The molecule has 210 valence electrons. The van der Waals surface area contributed by atoms with E-state index in [4.69, 9.17) is 19.2 Å². The molecule has 2 aliphatic heterocycles. The fourth-order valence-corrected chi connectivity index (χ4v) is 6.48. The highest BCUT2D eigenvalue weighted by molar-refractivity contribution is 5.88. The largest absolute Gasteiger partial charge is 0.497 e. The minimum absolute atomic E-state index is 0.0148. The van der Waals surface area contributed by atoms with E-state index in [1.54, 1.807) is 12.0 Å². The number of methoxy groups -OCH3 is 2. The van der Waals surface area contributed by atoms with Crippen LogP contribution in [0.25, 0.3) is 10.9 Å². The molecule has 7 heteroatoms. The number of fused-ring (bicyclic) bond motifs is 3. The van der Waals surface area contributed by atoms with Crippen molar-refractivity contribution in [3.63, 3.8) is 0 Å². The summed E-state index contributed by atoms with van der Waals surface area (Å²) in [4.78, 5) is 33.4. The van der Waals surface area contributed by atoms with E-state index in [9.17, 15) is 9.59 Å². The van der Waals surface area contributed by atoms with E-state index in [0.29, 0.717) is 18.9 Å². The number of hydrogen-bond donors (Lipinski definition) is 0. The number of hydrogen-bond acceptors (Lipinski definition) is 6. The first kappa shape index (κ1) is 27.5. The lowest BCUT2D eigenvalue weighted by Gasteiger charge is -2.39. The van der Waals surface area contributed by atoms with Crippen molar-refractivity contribution in [3.05, 3.63) is 42.1 Å². The molecule has 7 nitrogen and oxygen atoms in total. The molecule has 0 bridgehead atoms. The summed E-state index contributed by atoms with van der Waals surface area (Å²) in [5, 5.41) is 1.06. The highest BCUT2D eigenvalue weighted by atomic mass is 16.5. The molecular weight excluding hydrogens is 492 g/mol. The zero-order valence-electron chi connectivity index (χ0n) is 23.7.